The van der Waals surface area contributed by atoms with E-state index in [1.165, 1.54) is 89.9 Å². The fraction of sp³-hybridized carbons (Fsp3) is 0.933. The molecule has 0 aromatic carbocycles. The van der Waals surface area contributed by atoms with E-state index in [0.717, 1.165) is 25.7 Å². The summed E-state index contributed by atoms with van der Waals surface area (Å²) >= 11 is 0. The number of hydrogen-bond donors (Lipinski definition) is 4. The lowest BCUT2D eigenvalue weighted by molar-refractivity contribution is -0.153. The topological polar surface area (TPSA) is 134 Å². The zero-order valence-electron chi connectivity index (χ0n) is 24.5. The molecule has 0 aliphatic rings. The highest BCUT2D eigenvalue weighted by Gasteiger charge is 2.11. The molecule has 8 nitrogen and oxygen atoms in total. The van der Waals surface area contributed by atoms with Gasteiger partial charge in [0.2, 0.25) is 0 Å². The van der Waals surface area contributed by atoms with Crippen LogP contribution < -0.4 is 0 Å². The molecule has 0 radical (unpaired) electrons. The summed E-state index contributed by atoms with van der Waals surface area (Å²) in [4.78, 5) is 22.6. The Hall–Kier alpha value is -1.22. The Morgan fingerprint density at radius 3 is 1.29 bits per heavy atom. The van der Waals surface area contributed by atoms with E-state index in [4.69, 9.17) is 29.9 Å². The molecule has 4 N–H and O–H groups in total. The molecule has 0 heterocycles. The van der Waals surface area contributed by atoms with Gasteiger partial charge < -0.3 is 29.9 Å². The van der Waals surface area contributed by atoms with Gasteiger partial charge in [0.05, 0.1) is 19.8 Å². The summed E-state index contributed by atoms with van der Waals surface area (Å²) in [7, 11) is 0. The monoisotopic (exact) mass is 548 g/mol. The van der Waals surface area contributed by atoms with Gasteiger partial charge >= 0.3 is 11.9 Å². The maximum absolute atomic E-state index is 11.3. The normalized spacial score (nSPS) is 11.7. The van der Waals surface area contributed by atoms with Crippen molar-refractivity contribution in [1.29, 1.82) is 0 Å². The summed E-state index contributed by atoms with van der Waals surface area (Å²) in [6, 6.07) is 0. The van der Waals surface area contributed by atoms with Crippen LogP contribution in [0, 0.1) is 0 Å². The Morgan fingerprint density at radius 1 is 0.553 bits per heavy atom. The second-order valence-electron chi connectivity index (χ2n) is 10.2. The van der Waals surface area contributed by atoms with Crippen LogP contribution in [0.15, 0.2) is 0 Å². The molecule has 0 bridgehead atoms. The van der Waals surface area contributed by atoms with Gasteiger partial charge in [0.25, 0.3) is 0 Å². The molecular formula is C30H60O8. The van der Waals surface area contributed by atoms with Crippen LogP contribution in [0.2, 0.25) is 0 Å². The lowest BCUT2D eigenvalue weighted by Crippen LogP contribution is -2.25. The lowest BCUT2D eigenvalue weighted by Gasteiger charge is -2.12. The molecule has 0 fully saturated rings. The lowest BCUT2D eigenvalue weighted by atomic mass is 10.1. The van der Waals surface area contributed by atoms with E-state index in [0.29, 0.717) is 12.8 Å². The van der Waals surface area contributed by atoms with Gasteiger partial charge in [0, 0.05) is 12.8 Å². The molecule has 0 saturated heterocycles. The summed E-state index contributed by atoms with van der Waals surface area (Å²) in [5.41, 5.74) is 0. The van der Waals surface area contributed by atoms with Crippen molar-refractivity contribution >= 4 is 11.9 Å². The number of ether oxygens (including phenoxy) is 2. The highest BCUT2D eigenvalue weighted by atomic mass is 16.6. The molecule has 0 aliphatic heterocycles. The van der Waals surface area contributed by atoms with Crippen molar-refractivity contribution in [2.45, 2.75) is 154 Å². The molecule has 0 spiro atoms. The number of carbonyl (C=O) groups excluding carboxylic acids is 2. The first kappa shape index (κ1) is 38.9. The molecule has 0 saturated carbocycles. The Labute approximate surface area is 232 Å². The first-order valence-corrected chi connectivity index (χ1v) is 15.3. The van der Waals surface area contributed by atoms with E-state index in [2.05, 4.69) is 13.8 Å². The summed E-state index contributed by atoms with van der Waals surface area (Å²) in [5.74, 6) is -0.605. The molecule has 1 unspecified atom stereocenters. The predicted molar refractivity (Wildman–Crippen MR) is 152 cm³/mol. The highest BCUT2D eigenvalue weighted by molar-refractivity contribution is 5.69. The van der Waals surface area contributed by atoms with Gasteiger partial charge in [-0.15, -0.1) is 0 Å². The van der Waals surface area contributed by atoms with E-state index in [-0.39, 0.29) is 38.4 Å². The smallest absolute Gasteiger partial charge is 0.306 e. The summed E-state index contributed by atoms with van der Waals surface area (Å²) in [6.45, 7) is 3.33. The quantitative estimate of drug-likeness (QED) is 0.0810. The number of aliphatic hydroxyl groups is 4. The van der Waals surface area contributed by atoms with Crippen LogP contribution in [0.1, 0.15) is 142 Å². The Morgan fingerprint density at radius 2 is 0.921 bits per heavy atom. The second kappa shape index (κ2) is 32.0. The van der Waals surface area contributed by atoms with E-state index >= 15 is 0 Å². The zero-order valence-corrected chi connectivity index (χ0v) is 24.5. The van der Waals surface area contributed by atoms with Crippen molar-refractivity contribution in [3.05, 3.63) is 0 Å². The number of unbranched alkanes of at least 4 members (excludes halogenated alkanes) is 16. The summed E-state index contributed by atoms with van der Waals surface area (Å²) < 4.78 is 9.70. The molecular weight excluding hydrogens is 488 g/mol. The van der Waals surface area contributed by atoms with Crippen LogP contribution in [-0.4, -0.2) is 71.0 Å². The molecule has 0 aromatic rings. The van der Waals surface area contributed by atoms with Gasteiger partial charge in [0.1, 0.15) is 18.8 Å². The van der Waals surface area contributed by atoms with Crippen molar-refractivity contribution < 1.29 is 39.5 Å². The highest BCUT2D eigenvalue weighted by Crippen LogP contribution is 2.12. The third-order valence-corrected chi connectivity index (χ3v) is 6.32. The number of carbonyl (C=O) groups is 2. The average Bonchev–Trinajstić information content (AvgIpc) is 2.93. The van der Waals surface area contributed by atoms with Crippen LogP contribution in [-0.2, 0) is 19.1 Å². The molecule has 0 amide bonds. The number of aliphatic hydroxyl groups excluding tert-OH is 4. The fourth-order valence-corrected chi connectivity index (χ4v) is 3.85. The van der Waals surface area contributed by atoms with Crippen molar-refractivity contribution in [3.8, 4) is 0 Å². The zero-order chi connectivity index (χ0) is 28.7. The van der Waals surface area contributed by atoms with Gasteiger partial charge in [-0.1, -0.05) is 117 Å². The van der Waals surface area contributed by atoms with Gasteiger partial charge in [0.15, 0.2) is 0 Å². The molecule has 8 heteroatoms. The van der Waals surface area contributed by atoms with Crippen molar-refractivity contribution in [3.63, 3.8) is 0 Å². The molecule has 1 atom stereocenters. The Balaban J connectivity index is 0. The first-order chi connectivity index (χ1) is 18.4. The minimum absolute atomic E-state index is 0.104. The molecule has 0 rings (SSSR count). The predicted octanol–water partition coefficient (Wildman–Crippen LogP) is 5.61. The third kappa shape index (κ3) is 31.0. The van der Waals surface area contributed by atoms with Crippen LogP contribution >= 0.6 is 0 Å². The number of rotatable bonds is 26. The molecule has 0 aliphatic carbocycles. The molecule has 228 valence electrons. The SMILES string of the molecule is CCCCCCCCCCCC(=O)OC(CO)CO.CCCCCCCCCCCC(=O)OCC(O)CO. The van der Waals surface area contributed by atoms with E-state index in [1.807, 2.05) is 0 Å². The largest absolute Gasteiger partial charge is 0.463 e. The summed E-state index contributed by atoms with van der Waals surface area (Å²) in [5, 5.41) is 35.1. The summed E-state index contributed by atoms with van der Waals surface area (Å²) in [6.07, 6.45) is 20.9. The fourth-order valence-electron chi connectivity index (χ4n) is 3.85. The minimum atomic E-state index is -0.952. The van der Waals surface area contributed by atoms with E-state index in [1.54, 1.807) is 0 Å². The Bertz CT molecular complexity index is 497. The average molecular weight is 549 g/mol. The maximum atomic E-state index is 11.3. The van der Waals surface area contributed by atoms with Gasteiger partial charge in [-0.2, -0.15) is 0 Å². The van der Waals surface area contributed by atoms with Gasteiger partial charge in [-0.3, -0.25) is 9.59 Å². The Kier molecular flexibility index (Phi) is 32.8. The third-order valence-electron chi connectivity index (χ3n) is 6.32. The second-order valence-corrected chi connectivity index (χ2v) is 10.2. The van der Waals surface area contributed by atoms with Crippen LogP contribution in [0.5, 0.6) is 0 Å². The first-order valence-electron chi connectivity index (χ1n) is 15.3. The van der Waals surface area contributed by atoms with Crippen molar-refractivity contribution in [2.24, 2.45) is 0 Å². The van der Waals surface area contributed by atoms with Gasteiger partial charge in [-0.25, -0.2) is 0 Å². The van der Waals surface area contributed by atoms with Crippen LogP contribution in [0.4, 0.5) is 0 Å². The van der Waals surface area contributed by atoms with E-state index < -0.39 is 12.2 Å². The molecule has 0 aromatic heterocycles. The number of hydrogen-bond acceptors (Lipinski definition) is 8. The van der Waals surface area contributed by atoms with Crippen molar-refractivity contribution in [1.82, 2.24) is 0 Å². The number of esters is 2. The maximum Gasteiger partial charge on any atom is 0.306 e. The van der Waals surface area contributed by atoms with Crippen LogP contribution in [0.3, 0.4) is 0 Å². The minimum Gasteiger partial charge on any atom is -0.463 e. The van der Waals surface area contributed by atoms with Crippen molar-refractivity contribution in [2.75, 3.05) is 26.4 Å². The standard InChI is InChI=1S/2C15H30O4/c1-2-3-4-5-6-7-8-9-10-11-15(18)19-13-14(17)12-16;1-2-3-4-5-6-7-8-9-10-11-15(18)19-14(12-16)13-17/h2*14,16-17H,2-13H2,1H3. The van der Waals surface area contributed by atoms with Gasteiger partial charge in [-0.05, 0) is 12.8 Å². The van der Waals surface area contributed by atoms with Crippen LogP contribution in [0.25, 0.3) is 0 Å². The molecule has 38 heavy (non-hydrogen) atoms. The van der Waals surface area contributed by atoms with E-state index in [9.17, 15) is 9.59 Å².